The first-order valence-corrected chi connectivity index (χ1v) is 7.29. The molecule has 3 heteroatoms. The third kappa shape index (κ3) is 7.00. The van der Waals surface area contributed by atoms with Crippen molar-refractivity contribution >= 4 is 5.97 Å². The van der Waals surface area contributed by atoms with Crippen LogP contribution in [0.25, 0.3) is 0 Å². The van der Waals surface area contributed by atoms with Gasteiger partial charge in [-0.05, 0) is 45.6 Å². The Balaban J connectivity index is 2.03. The molecule has 0 saturated heterocycles. The summed E-state index contributed by atoms with van der Waals surface area (Å²) >= 11 is 0. The second kappa shape index (κ2) is 7.13. The van der Waals surface area contributed by atoms with Crippen molar-refractivity contribution in [3.8, 4) is 0 Å². The zero-order valence-corrected chi connectivity index (χ0v) is 12.4. The fourth-order valence-electron chi connectivity index (χ4n) is 2.49. The van der Waals surface area contributed by atoms with Gasteiger partial charge in [0.05, 0.1) is 6.54 Å². The maximum Gasteiger partial charge on any atom is 0.320 e. The highest BCUT2D eigenvalue weighted by Gasteiger charge is 2.18. The van der Waals surface area contributed by atoms with Gasteiger partial charge >= 0.3 is 5.97 Å². The van der Waals surface area contributed by atoms with Crippen molar-refractivity contribution in [2.45, 2.75) is 65.4 Å². The molecule has 0 heterocycles. The number of carbonyl (C=O) groups excluding carboxylic acids is 1. The number of ether oxygens (including phenoxy) is 1. The molecule has 1 aliphatic carbocycles. The van der Waals surface area contributed by atoms with Crippen molar-refractivity contribution in [2.24, 2.45) is 11.8 Å². The highest BCUT2D eigenvalue weighted by Crippen LogP contribution is 2.29. The Bertz CT molecular complexity index is 250. The average Bonchev–Trinajstić information content (AvgIpc) is 2.24. The van der Waals surface area contributed by atoms with Crippen LogP contribution in [0.4, 0.5) is 0 Å². The van der Waals surface area contributed by atoms with Crippen LogP contribution in [0, 0.1) is 11.8 Å². The molecule has 0 spiro atoms. The summed E-state index contributed by atoms with van der Waals surface area (Å²) in [6, 6.07) is 0. The molecule has 1 rings (SSSR count). The molecule has 0 aromatic heterocycles. The number of hydrogen-bond acceptors (Lipinski definition) is 3. The number of carbonyl (C=O) groups is 1. The van der Waals surface area contributed by atoms with E-state index in [1.54, 1.807) is 0 Å². The Hall–Kier alpha value is -0.570. The largest absolute Gasteiger partial charge is 0.459 e. The number of esters is 1. The normalized spacial score (nSPS) is 24.9. The molecule has 0 atom stereocenters. The second-order valence-electron chi connectivity index (χ2n) is 6.68. The van der Waals surface area contributed by atoms with Gasteiger partial charge in [0.1, 0.15) is 5.60 Å². The minimum absolute atomic E-state index is 0.153. The predicted octanol–water partition coefficient (Wildman–Crippen LogP) is 3.13. The minimum Gasteiger partial charge on any atom is -0.459 e. The van der Waals surface area contributed by atoms with Gasteiger partial charge in [-0.3, -0.25) is 4.79 Å². The van der Waals surface area contributed by atoms with Crippen molar-refractivity contribution in [2.75, 3.05) is 13.1 Å². The number of hydrogen-bond donors (Lipinski definition) is 1. The van der Waals surface area contributed by atoms with Crippen LogP contribution in [-0.4, -0.2) is 24.7 Å². The van der Waals surface area contributed by atoms with Gasteiger partial charge in [-0.1, -0.05) is 32.6 Å². The van der Waals surface area contributed by atoms with E-state index in [4.69, 9.17) is 4.74 Å². The quantitative estimate of drug-likeness (QED) is 0.606. The molecule has 18 heavy (non-hydrogen) atoms. The summed E-state index contributed by atoms with van der Waals surface area (Å²) in [7, 11) is 0. The van der Waals surface area contributed by atoms with Crippen LogP contribution in [0.1, 0.15) is 59.8 Å². The molecule has 3 nitrogen and oxygen atoms in total. The molecular weight excluding hydrogens is 226 g/mol. The van der Waals surface area contributed by atoms with Crippen LogP contribution < -0.4 is 5.32 Å². The van der Waals surface area contributed by atoms with Crippen molar-refractivity contribution in [1.29, 1.82) is 0 Å². The molecule has 1 aliphatic rings. The lowest BCUT2D eigenvalue weighted by atomic mass is 9.81. The summed E-state index contributed by atoms with van der Waals surface area (Å²) in [6.07, 6.45) is 6.65. The zero-order chi connectivity index (χ0) is 13.6. The first-order chi connectivity index (χ1) is 8.37. The SMILES string of the molecule is CC1CCC(CCNCC(=O)OC(C)(C)C)CC1. The van der Waals surface area contributed by atoms with E-state index in [0.717, 1.165) is 18.4 Å². The molecule has 0 unspecified atom stereocenters. The van der Waals surface area contributed by atoms with Gasteiger partial charge in [-0.2, -0.15) is 0 Å². The molecule has 0 bridgehead atoms. The van der Waals surface area contributed by atoms with Gasteiger partial charge in [0.2, 0.25) is 0 Å². The van der Waals surface area contributed by atoms with Gasteiger partial charge in [-0.25, -0.2) is 0 Å². The van der Waals surface area contributed by atoms with Crippen LogP contribution in [0.3, 0.4) is 0 Å². The number of nitrogens with one attached hydrogen (secondary N) is 1. The first-order valence-electron chi connectivity index (χ1n) is 7.29. The lowest BCUT2D eigenvalue weighted by Crippen LogP contribution is -2.32. The van der Waals surface area contributed by atoms with Crippen LogP contribution in [0.15, 0.2) is 0 Å². The van der Waals surface area contributed by atoms with Crippen molar-refractivity contribution in [3.63, 3.8) is 0 Å². The Morgan fingerprint density at radius 2 is 1.83 bits per heavy atom. The molecule has 0 amide bonds. The topological polar surface area (TPSA) is 38.3 Å². The molecule has 1 saturated carbocycles. The predicted molar refractivity (Wildman–Crippen MR) is 74.5 cm³/mol. The van der Waals surface area contributed by atoms with Crippen LogP contribution >= 0.6 is 0 Å². The van der Waals surface area contributed by atoms with Crippen LogP contribution in [-0.2, 0) is 9.53 Å². The fourth-order valence-corrected chi connectivity index (χ4v) is 2.49. The maximum atomic E-state index is 11.5. The molecule has 1 fully saturated rings. The highest BCUT2D eigenvalue weighted by atomic mass is 16.6. The Morgan fingerprint density at radius 1 is 1.22 bits per heavy atom. The zero-order valence-electron chi connectivity index (χ0n) is 12.4. The van der Waals surface area contributed by atoms with E-state index < -0.39 is 0 Å². The summed E-state index contributed by atoms with van der Waals surface area (Å²) in [6.45, 7) is 9.30. The lowest BCUT2D eigenvalue weighted by Gasteiger charge is -2.26. The standard InChI is InChI=1S/C15H29NO2/c1-12-5-7-13(8-6-12)9-10-16-11-14(17)18-15(2,3)4/h12-13,16H,5-11H2,1-4H3. The second-order valence-corrected chi connectivity index (χ2v) is 6.68. The lowest BCUT2D eigenvalue weighted by molar-refractivity contribution is -0.153. The van der Waals surface area contributed by atoms with E-state index in [0.29, 0.717) is 6.54 Å². The van der Waals surface area contributed by atoms with Gasteiger partial charge in [0.15, 0.2) is 0 Å². The maximum absolute atomic E-state index is 11.5. The molecule has 0 aliphatic heterocycles. The Morgan fingerprint density at radius 3 is 2.39 bits per heavy atom. The van der Waals surface area contributed by atoms with E-state index in [1.807, 2.05) is 20.8 Å². The van der Waals surface area contributed by atoms with Crippen molar-refractivity contribution < 1.29 is 9.53 Å². The van der Waals surface area contributed by atoms with E-state index in [9.17, 15) is 4.79 Å². The third-order valence-corrected chi connectivity index (χ3v) is 3.55. The van der Waals surface area contributed by atoms with E-state index >= 15 is 0 Å². The molecule has 0 radical (unpaired) electrons. The molecule has 1 N–H and O–H groups in total. The van der Waals surface area contributed by atoms with E-state index in [2.05, 4.69) is 12.2 Å². The summed E-state index contributed by atoms with van der Waals surface area (Å²) in [5.41, 5.74) is -0.377. The van der Waals surface area contributed by atoms with E-state index in [1.165, 1.54) is 32.1 Å². The molecule has 106 valence electrons. The monoisotopic (exact) mass is 255 g/mol. The summed E-state index contributed by atoms with van der Waals surface area (Å²) in [4.78, 5) is 11.5. The smallest absolute Gasteiger partial charge is 0.320 e. The average molecular weight is 255 g/mol. The van der Waals surface area contributed by atoms with Gasteiger partial charge in [0, 0.05) is 0 Å². The van der Waals surface area contributed by atoms with Crippen molar-refractivity contribution in [1.82, 2.24) is 5.32 Å². The molecule has 0 aromatic carbocycles. The third-order valence-electron chi connectivity index (χ3n) is 3.55. The summed E-state index contributed by atoms with van der Waals surface area (Å²) in [5, 5.41) is 3.19. The van der Waals surface area contributed by atoms with Crippen molar-refractivity contribution in [3.05, 3.63) is 0 Å². The first kappa shape index (κ1) is 15.5. The molecular formula is C15H29NO2. The Kier molecular flexibility index (Phi) is 6.13. The van der Waals surface area contributed by atoms with Gasteiger partial charge in [0.25, 0.3) is 0 Å². The van der Waals surface area contributed by atoms with Crippen LogP contribution in [0.2, 0.25) is 0 Å². The number of rotatable bonds is 5. The summed E-state index contributed by atoms with van der Waals surface area (Å²) < 4.78 is 5.24. The van der Waals surface area contributed by atoms with Crippen LogP contribution in [0.5, 0.6) is 0 Å². The Labute approximate surface area is 112 Å². The fraction of sp³-hybridized carbons (Fsp3) is 0.933. The minimum atomic E-state index is -0.377. The van der Waals surface area contributed by atoms with E-state index in [-0.39, 0.29) is 11.6 Å². The highest BCUT2D eigenvalue weighted by molar-refractivity contribution is 5.72. The molecule has 0 aromatic rings. The van der Waals surface area contributed by atoms with Gasteiger partial charge < -0.3 is 10.1 Å². The summed E-state index contributed by atoms with van der Waals surface area (Å²) in [5.74, 6) is 1.61. The van der Waals surface area contributed by atoms with Gasteiger partial charge in [-0.15, -0.1) is 0 Å².